The lowest BCUT2D eigenvalue weighted by molar-refractivity contribution is -0.142. The Kier molecular flexibility index (Phi) is 10.2. The molecule has 1 saturated heterocycles. The summed E-state index contributed by atoms with van der Waals surface area (Å²) in [7, 11) is 0. The van der Waals surface area contributed by atoms with Gasteiger partial charge in [-0.15, -0.1) is 0 Å². The number of carboxylic acid groups (broad SMARTS) is 1. The number of benzene rings is 2. The van der Waals surface area contributed by atoms with Crippen LogP contribution in [0.15, 0.2) is 54.6 Å². The molecule has 0 bridgehead atoms. The summed E-state index contributed by atoms with van der Waals surface area (Å²) < 4.78 is 0. The lowest BCUT2D eigenvalue weighted by Gasteiger charge is -2.25. The quantitative estimate of drug-likeness (QED) is 0.270. The number of carboxylic acids is 1. The molecule has 1 fully saturated rings. The van der Waals surface area contributed by atoms with Crippen molar-refractivity contribution in [2.24, 2.45) is 11.6 Å². The van der Waals surface area contributed by atoms with Crippen molar-refractivity contribution < 1.29 is 19.5 Å². The minimum atomic E-state index is -1.10. The molecule has 0 aliphatic carbocycles. The molecule has 0 unspecified atom stereocenters. The third kappa shape index (κ3) is 7.08. The van der Waals surface area contributed by atoms with Crippen LogP contribution in [0.3, 0.4) is 0 Å². The Bertz CT molecular complexity index is 910. The van der Waals surface area contributed by atoms with Gasteiger partial charge < -0.3 is 16.2 Å². The van der Waals surface area contributed by atoms with Gasteiger partial charge in [0.15, 0.2) is 0 Å². The molecule has 2 aromatic carbocycles. The SMILES string of the molecule is CSCC[C@@H](C(=O)O)N(N)C(=O)c1ccccc1-c1ccccc1.NC[C@@H]1CCC(=O)N1. The maximum atomic E-state index is 12.8. The maximum Gasteiger partial charge on any atom is 0.328 e. The van der Waals surface area contributed by atoms with E-state index in [0.717, 1.165) is 22.6 Å². The first kappa shape index (κ1) is 25.4. The van der Waals surface area contributed by atoms with E-state index in [9.17, 15) is 19.5 Å². The second-order valence-electron chi connectivity index (χ2n) is 7.30. The number of carbonyl (C=O) groups excluding carboxylic acids is 2. The Morgan fingerprint density at radius 3 is 2.38 bits per heavy atom. The zero-order valence-corrected chi connectivity index (χ0v) is 18.9. The number of amides is 2. The number of hydrazine groups is 1. The van der Waals surface area contributed by atoms with E-state index in [0.29, 0.717) is 30.7 Å². The Morgan fingerprint density at radius 1 is 1.19 bits per heavy atom. The molecule has 2 amide bonds. The van der Waals surface area contributed by atoms with Crippen molar-refractivity contribution in [3.8, 4) is 11.1 Å². The number of hydrogen-bond donors (Lipinski definition) is 4. The summed E-state index contributed by atoms with van der Waals surface area (Å²) >= 11 is 1.52. The molecule has 6 N–H and O–H groups in total. The van der Waals surface area contributed by atoms with Gasteiger partial charge >= 0.3 is 5.97 Å². The highest BCUT2D eigenvalue weighted by atomic mass is 32.2. The van der Waals surface area contributed by atoms with E-state index in [2.05, 4.69) is 5.32 Å². The van der Waals surface area contributed by atoms with Gasteiger partial charge in [0.1, 0.15) is 6.04 Å². The third-order valence-corrected chi connectivity index (χ3v) is 5.71. The Hall–Kier alpha value is -2.88. The van der Waals surface area contributed by atoms with Crippen molar-refractivity contribution in [3.63, 3.8) is 0 Å². The van der Waals surface area contributed by atoms with Gasteiger partial charge in [-0.05, 0) is 42.0 Å². The highest BCUT2D eigenvalue weighted by Crippen LogP contribution is 2.24. The summed E-state index contributed by atoms with van der Waals surface area (Å²) in [5, 5.41) is 12.9. The van der Waals surface area contributed by atoms with E-state index < -0.39 is 17.9 Å². The average Bonchev–Trinajstić information content (AvgIpc) is 3.25. The van der Waals surface area contributed by atoms with E-state index in [1.165, 1.54) is 11.8 Å². The summed E-state index contributed by atoms with van der Waals surface area (Å²) in [5.41, 5.74) is 7.28. The lowest BCUT2D eigenvalue weighted by Crippen LogP contribution is -2.50. The van der Waals surface area contributed by atoms with E-state index in [1.54, 1.807) is 12.1 Å². The Balaban J connectivity index is 0.000000380. The van der Waals surface area contributed by atoms with Gasteiger partial charge in [-0.25, -0.2) is 10.6 Å². The fourth-order valence-corrected chi connectivity index (χ4v) is 3.74. The lowest BCUT2D eigenvalue weighted by atomic mass is 9.98. The second kappa shape index (κ2) is 12.8. The highest BCUT2D eigenvalue weighted by Gasteiger charge is 2.29. The van der Waals surface area contributed by atoms with Crippen molar-refractivity contribution in [2.45, 2.75) is 31.3 Å². The van der Waals surface area contributed by atoms with Crippen LogP contribution < -0.4 is 16.9 Å². The number of thioether (sulfide) groups is 1. The van der Waals surface area contributed by atoms with Gasteiger partial charge in [0, 0.05) is 24.6 Å². The molecular formula is C23H30N4O4S. The first-order chi connectivity index (χ1) is 15.4. The van der Waals surface area contributed by atoms with Crippen LogP contribution in [0.4, 0.5) is 0 Å². The predicted molar refractivity (Wildman–Crippen MR) is 127 cm³/mol. The van der Waals surface area contributed by atoms with Crippen LogP contribution in [0.25, 0.3) is 11.1 Å². The number of nitrogens with zero attached hydrogens (tertiary/aromatic N) is 1. The molecule has 1 heterocycles. The maximum absolute atomic E-state index is 12.8. The predicted octanol–water partition coefficient (Wildman–Crippen LogP) is 2.10. The summed E-state index contributed by atoms with van der Waals surface area (Å²) in [6.07, 6.45) is 3.75. The molecule has 0 saturated carbocycles. The van der Waals surface area contributed by atoms with Crippen molar-refractivity contribution in [1.29, 1.82) is 0 Å². The molecule has 172 valence electrons. The average molecular weight is 459 g/mol. The van der Waals surface area contributed by atoms with Gasteiger partial charge in [0.25, 0.3) is 5.91 Å². The number of hydrogen-bond acceptors (Lipinski definition) is 6. The molecule has 9 heteroatoms. The van der Waals surface area contributed by atoms with Gasteiger partial charge in [-0.3, -0.25) is 14.6 Å². The minimum absolute atomic E-state index is 0.139. The van der Waals surface area contributed by atoms with Gasteiger partial charge in [-0.1, -0.05) is 48.5 Å². The van der Waals surface area contributed by atoms with Crippen molar-refractivity contribution in [1.82, 2.24) is 10.3 Å². The largest absolute Gasteiger partial charge is 0.480 e. The molecule has 8 nitrogen and oxygen atoms in total. The molecular weight excluding hydrogens is 428 g/mol. The van der Waals surface area contributed by atoms with Gasteiger partial charge in [0.05, 0.1) is 0 Å². The van der Waals surface area contributed by atoms with Crippen LogP contribution in [-0.2, 0) is 9.59 Å². The number of carbonyl (C=O) groups is 3. The number of nitrogens with one attached hydrogen (secondary N) is 1. The van der Waals surface area contributed by atoms with Gasteiger partial charge in [0.2, 0.25) is 5.91 Å². The van der Waals surface area contributed by atoms with Crippen LogP contribution in [-0.4, -0.2) is 58.5 Å². The molecule has 1 aliphatic heterocycles. The van der Waals surface area contributed by atoms with Crippen LogP contribution in [0.1, 0.15) is 29.6 Å². The summed E-state index contributed by atoms with van der Waals surface area (Å²) in [6.45, 7) is 0.575. The van der Waals surface area contributed by atoms with Gasteiger partial charge in [-0.2, -0.15) is 11.8 Å². The summed E-state index contributed by atoms with van der Waals surface area (Å²) in [4.78, 5) is 34.7. The van der Waals surface area contributed by atoms with Crippen LogP contribution in [0.2, 0.25) is 0 Å². The van der Waals surface area contributed by atoms with E-state index in [1.807, 2.05) is 48.7 Å². The smallest absolute Gasteiger partial charge is 0.328 e. The van der Waals surface area contributed by atoms with E-state index in [-0.39, 0.29) is 11.9 Å². The minimum Gasteiger partial charge on any atom is -0.480 e. The molecule has 32 heavy (non-hydrogen) atoms. The van der Waals surface area contributed by atoms with Crippen LogP contribution in [0, 0.1) is 0 Å². The summed E-state index contributed by atoms with van der Waals surface area (Å²) in [5.74, 6) is 5.03. The zero-order chi connectivity index (χ0) is 23.5. The topological polar surface area (TPSA) is 139 Å². The van der Waals surface area contributed by atoms with Crippen LogP contribution in [0.5, 0.6) is 0 Å². The number of aliphatic carboxylic acids is 1. The van der Waals surface area contributed by atoms with Crippen molar-refractivity contribution in [2.75, 3.05) is 18.6 Å². The first-order valence-corrected chi connectivity index (χ1v) is 11.7. The zero-order valence-electron chi connectivity index (χ0n) is 18.1. The molecule has 1 aliphatic rings. The Labute approximate surface area is 192 Å². The molecule has 2 aromatic rings. The normalized spacial score (nSPS) is 15.8. The monoisotopic (exact) mass is 458 g/mol. The van der Waals surface area contributed by atoms with Crippen molar-refractivity contribution in [3.05, 3.63) is 60.2 Å². The second-order valence-corrected chi connectivity index (χ2v) is 8.28. The third-order valence-electron chi connectivity index (χ3n) is 5.06. The van der Waals surface area contributed by atoms with Crippen LogP contribution >= 0.6 is 11.8 Å². The molecule has 0 aromatic heterocycles. The first-order valence-electron chi connectivity index (χ1n) is 10.3. The molecule has 3 rings (SSSR count). The van der Waals surface area contributed by atoms with E-state index >= 15 is 0 Å². The highest BCUT2D eigenvalue weighted by molar-refractivity contribution is 7.98. The Morgan fingerprint density at radius 2 is 1.84 bits per heavy atom. The standard InChI is InChI=1S/C18H20N2O3S.C5H10N2O/c1-24-12-11-16(18(22)23)20(19)17(21)15-10-6-5-9-14(15)13-7-3-2-4-8-13;6-3-4-1-2-5(8)7-4/h2-10,16H,11-12,19H2,1H3,(H,22,23);4H,1-3,6H2,(H,7,8)/t16-;4-/m00/s1. The number of rotatable bonds is 8. The molecule has 0 spiro atoms. The van der Waals surface area contributed by atoms with Crippen molar-refractivity contribution >= 4 is 29.5 Å². The molecule has 2 atom stereocenters. The fourth-order valence-electron chi connectivity index (χ4n) is 3.28. The summed E-state index contributed by atoms with van der Waals surface area (Å²) in [6, 6.07) is 15.7. The molecule has 0 radical (unpaired) electrons. The van der Waals surface area contributed by atoms with E-state index in [4.69, 9.17) is 11.6 Å². The fraction of sp³-hybridized carbons (Fsp3) is 0.348. The number of nitrogens with two attached hydrogens (primary N) is 2.